The molecular weight excluding hydrogens is 212 g/mol. The van der Waals surface area contributed by atoms with E-state index in [0.29, 0.717) is 17.3 Å². The highest BCUT2D eigenvalue weighted by molar-refractivity contribution is 9.10. The van der Waals surface area contributed by atoms with Crippen molar-refractivity contribution in [1.29, 1.82) is 0 Å². The second-order valence-corrected chi connectivity index (χ2v) is 2.99. The third-order valence-corrected chi connectivity index (χ3v) is 1.30. The van der Waals surface area contributed by atoms with Crippen LogP contribution in [-0.2, 0) is 11.3 Å². The van der Waals surface area contributed by atoms with Crippen molar-refractivity contribution in [1.82, 2.24) is 10.2 Å². The lowest BCUT2D eigenvalue weighted by atomic mass is 10.5. The van der Waals surface area contributed by atoms with Crippen molar-refractivity contribution < 1.29 is 9.15 Å². The Hall–Kier alpha value is -0.420. The SMILES string of the molecule is CC(C)OCc1nnc(Br)o1. The van der Waals surface area contributed by atoms with E-state index in [1.54, 1.807) is 0 Å². The molecule has 11 heavy (non-hydrogen) atoms. The summed E-state index contributed by atoms with van der Waals surface area (Å²) in [7, 11) is 0. The van der Waals surface area contributed by atoms with E-state index in [0.717, 1.165) is 0 Å². The van der Waals surface area contributed by atoms with E-state index in [-0.39, 0.29) is 6.10 Å². The van der Waals surface area contributed by atoms with Crippen LogP contribution in [-0.4, -0.2) is 16.3 Å². The van der Waals surface area contributed by atoms with Crippen molar-refractivity contribution in [2.24, 2.45) is 0 Å². The topological polar surface area (TPSA) is 48.2 Å². The number of hydrogen-bond acceptors (Lipinski definition) is 4. The zero-order valence-corrected chi connectivity index (χ0v) is 7.96. The van der Waals surface area contributed by atoms with Gasteiger partial charge in [0.25, 0.3) is 4.80 Å². The maximum absolute atomic E-state index is 5.22. The summed E-state index contributed by atoms with van der Waals surface area (Å²) in [6.45, 7) is 4.27. The lowest BCUT2D eigenvalue weighted by Crippen LogP contribution is -2.02. The molecule has 0 spiro atoms. The first-order valence-electron chi connectivity index (χ1n) is 3.28. The standard InChI is InChI=1S/C6H9BrN2O2/c1-4(2)10-3-5-8-9-6(7)11-5/h4H,3H2,1-2H3. The zero-order valence-electron chi connectivity index (χ0n) is 6.37. The molecule has 0 aromatic carbocycles. The van der Waals surface area contributed by atoms with Crippen molar-refractivity contribution in [2.75, 3.05) is 0 Å². The third-order valence-electron chi connectivity index (χ3n) is 0.982. The molecule has 0 bridgehead atoms. The fraction of sp³-hybridized carbons (Fsp3) is 0.667. The quantitative estimate of drug-likeness (QED) is 0.780. The van der Waals surface area contributed by atoms with Gasteiger partial charge in [0.1, 0.15) is 6.61 Å². The highest BCUT2D eigenvalue weighted by atomic mass is 79.9. The molecule has 0 N–H and O–H groups in total. The Labute approximate surface area is 73.1 Å². The Balaban J connectivity index is 2.39. The summed E-state index contributed by atoms with van der Waals surface area (Å²) in [5.41, 5.74) is 0. The molecule has 1 rings (SSSR count). The van der Waals surface area contributed by atoms with Gasteiger partial charge in [0.05, 0.1) is 6.10 Å². The van der Waals surface area contributed by atoms with Crippen LogP contribution in [0.25, 0.3) is 0 Å². The van der Waals surface area contributed by atoms with Crippen LogP contribution < -0.4 is 0 Å². The number of hydrogen-bond donors (Lipinski definition) is 0. The van der Waals surface area contributed by atoms with E-state index in [4.69, 9.17) is 9.15 Å². The maximum Gasteiger partial charge on any atom is 0.284 e. The molecular formula is C6H9BrN2O2. The van der Waals surface area contributed by atoms with E-state index in [2.05, 4.69) is 26.1 Å². The number of ether oxygens (including phenoxy) is 1. The number of nitrogens with zero attached hydrogens (tertiary/aromatic N) is 2. The fourth-order valence-electron chi connectivity index (χ4n) is 0.529. The van der Waals surface area contributed by atoms with Crippen LogP contribution in [0.15, 0.2) is 9.22 Å². The first-order valence-corrected chi connectivity index (χ1v) is 4.07. The van der Waals surface area contributed by atoms with Crippen molar-refractivity contribution >= 4 is 15.9 Å². The normalized spacial score (nSPS) is 10.9. The van der Waals surface area contributed by atoms with Gasteiger partial charge in [-0.3, -0.25) is 0 Å². The first kappa shape index (κ1) is 8.67. The summed E-state index contributed by atoms with van der Waals surface area (Å²) in [5, 5.41) is 7.31. The predicted octanol–water partition coefficient (Wildman–Crippen LogP) is 1.76. The maximum atomic E-state index is 5.22. The van der Waals surface area contributed by atoms with Crippen LogP contribution in [0.4, 0.5) is 0 Å². The Kier molecular flexibility index (Phi) is 3.02. The monoisotopic (exact) mass is 220 g/mol. The molecule has 1 aromatic rings. The highest BCUT2D eigenvalue weighted by Crippen LogP contribution is 2.07. The predicted molar refractivity (Wildman–Crippen MR) is 41.9 cm³/mol. The largest absolute Gasteiger partial charge is 0.413 e. The Morgan fingerprint density at radius 2 is 2.27 bits per heavy atom. The van der Waals surface area contributed by atoms with Gasteiger partial charge >= 0.3 is 0 Å². The van der Waals surface area contributed by atoms with Gasteiger partial charge in [-0.15, -0.1) is 10.2 Å². The molecule has 62 valence electrons. The average molecular weight is 221 g/mol. The Bertz CT molecular complexity index is 224. The van der Waals surface area contributed by atoms with Gasteiger partial charge in [0, 0.05) is 15.9 Å². The molecule has 0 amide bonds. The number of rotatable bonds is 3. The highest BCUT2D eigenvalue weighted by Gasteiger charge is 2.03. The van der Waals surface area contributed by atoms with Gasteiger partial charge in [0.2, 0.25) is 5.89 Å². The second-order valence-electron chi connectivity index (χ2n) is 2.31. The van der Waals surface area contributed by atoms with Gasteiger partial charge in [-0.05, 0) is 13.8 Å². The molecule has 5 heteroatoms. The lowest BCUT2D eigenvalue weighted by molar-refractivity contribution is 0.0512. The third kappa shape index (κ3) is 2.98. The van der Waals surface area contributed by atoms with Crippen LogP contribution in [0, 0.1) is 0 Å². The summed E-state index contributed by atoms with van der Waals surface area (Å²) in [5.74, 6) is 0.491. The van der Waals surface area contributed by atoms with Crippen molar-refractivity contribution in [3.05, 3.63) is 10.7 Å². The molecule has 4 nitrogen and oxygen atoms in total. The minimum absolute atomic E-state index is 0.181. The van der Waals surface area contributed by atoms with Gasteiger partial charge in [-0.1, -0.05) is 0 Å². The van der Waals surface area contributed by atoms with Crippen LogP contribution in [0.1, 0.15) is 19.7 Å². The van der Waals surface area contributed by atoms with E-state index >= 15 is 0 Å². The van der Waals surface area contributed by atoms with E-state index in [9.17, 15) is 0 Å². The zero-order chi connectivity index (χ0) is 8.27. The number of aromatic nitrogens is 2. The summed E-state index contributed by atoms with van der Waals surface area (Å²) >= 11 is 3.04. The summed E-state index contributed by atoms with van der Waals surface area (Å²) in [6, 6.07) is 0. The van der Waals surface area contributed by atoms with Crippen LogP contribution in [0.2, 0.25) is 0 Å². The Morgan fingerprint density at radius 3 is 2.73 bits per heavy atom. The van der Waals surface area contributed by atoms with Crippen LogP contribution in [0.3, 0.4) is 0 Å². The van der Waals surface area contributed by atoms with Gasteiger partial charge in [-0.2, -0.15) is 0 Å². The first-order chi connectivity index (χ1) is 5.18. The van der Waals surface area contributed by atoms with E-state index in [1.807, 2.05) is 13.8 Å². The van der Waals surface area contributed by atoms with Gasteiger partial charge < -0.3 is 9.15 Å². The van der Waals surface area contributed by atoms with Crippen molar-refractivity contribution in [3.63, 3.8) is 0 Å². The summed E-state index contributed by atoms with van der Waals surface area (Å²) in [6.07, 6.45) is 0.181. The molecule has 0 radical (unpaired) electrons. The van der Waals surface area contributed by atoms with E-state index < -0.39 is 0 Å². The minimum Gasteiger partial charge on any atom is -0.413 e. The molecule has 0 aliphatic rings. The molecule has 0 saturated carbocycles. The molecule has 1 heterocycles. The molecule has 0 atom stereocenters. The summed E-state index contributed by atoms with van der Waals surface area (Å²) in [4.78, 5) is 0.389. The van der Waals surface area contributed by atoms with Crippen molar-refractivity contribution in [2.45, 2.75) is 26.6 Å². The Morgan fingerprint density at radius 1 is 1.55 bits per heavy atom. The molecule has 0 saturated heterocycles. The average Bonchev–Trinajstić information content (AvgIpc) is 2.31. The lowest BCUT2D eigenvalue weighted by Gasteiger charge is -2.02. The number of halogens is 1. The van der Waals surface area contributed by atoms with Gasteiger partial charge in [-0.25, -0.2) is 0 Å². The fourth-order valence-corrected chi connectivity index (χ4v) is 0.796. The minimum atomic E-state index is 0.181. The molecule has 0 aliphatic carbocycles. The van der Waals surface area contributed by atoms with E-state index in [1.165, 1.54) is 0 Å². The van der Waals surface area contributed by atoms with Gasteiger partial charge in [0.15, 0.2) is 0 Å². The molecule has 1 aromatic heterocycles. The smallest absolute Gasteiger partial charge is 0.284 e. The van der Waals surface area contributed by atoms with Crippen LogP contribution in [0.5, 0.6) is 0 Å². The molecule has 0 aliphatic heterocycles. The second kappa shape index (κ2) is 3.82. The van der Waals surface area contributed by atoms with Crippen molar-refractivity contribution in [3.8, 4) is 0 Å². The summed E-state index contributed by atoms with van der Waals surface area (Å²) < 4.78 is 10.2. The molecule has 0 unspecified atom stereocenters. The molecule has 0 fully saturated rings. The van der Waals surface area contributed by atoms with Crippen LogP contribution >= 0.6 is 15.9 Å².